The van der Waals surface area contributed by atoms with Gasteiger partial charge in [0, 0.05) is 19.2 Å². The van der Waals surface area contributed by atoms with E-state index >= 15 is 0 Å². The molecule has 1 heterocycles. The van der Waals surface area contributed by atoms with Crippen LogP contribution < -0.4 is 11.1 Å². The van der Waals surface area contributed by atoms with Gasteiger partial charge in [-0.15, -0.1) is 5.10 Å². The lowest BCUT2D eigenvalue weighted by Gasteiger charge is -2.06. The summed E-state index contributed by atoms with van der Waals surface area (Å²) < 4.78 is 1.70. The van der Waals surface area contributed by atoms with Crippen LogP contribution in [-0.2, 0) is 11.3 Å². The highest BCUT2D eigenvalue weighted by atomic mass is 16.1. The number of benzene rings is 1. The largest absolute Gasteiger partial charge is 0.326 e. The van der Waals surface area contributed by atoms with Crippen LogP contribution in [0.2, 0.25) is 0 Å². The quantitative estimate of drug-likeness (QED) is 0.844. The number of nitrogens with zero attached hydrogens (tertiary/aromatic N) is 3. The summed E-state index contributed by atoms with van der Waals surface area (Å²) in [5.41, 5.74) is 8.79. The molecule has 1 aromatic heterocycles. The van der Waals surface area contributed by atoms with Gasteiger partial charge < -0.3 is 11.1 Å². The number of aromatic nitrogens is 3. The molecule has 6 nitrogen and oxygen atoms in total. The molecule has 0 aliphatic rings. The first-order valence-electron chi connectivity index (χ1n) is 5.61. The normalized spacial score (nSPS) is 10.4. The smallest absolute Gasteiger partial charge is 0.221 e. The second kappa shape index (κ2) is 4.97. The zero-order valence-corrected chi connectivity index (χ0v) is 10.3. The first-order valence-corrected chi connectivity index (χ1v) is 5.61. The van der Waals surface area contributed by atoms with Gasteiger partial charge in [0.15, 0.2) is 0 Å². The van der Waals surface area contributed by atoms with Crippen LogP contribution in [0.15, 0.2) is 24.3 Å². The maximum absolute atomic E-state index is 11.0. The molecule has 94 valence electrons. The maximum atomic E-state index is 11.0. The highest BCUT2D eigenvalue weighted by Gasteiger charge is 2.08. The van der Waals surface area contributed by atoms with Crippen LogP contribution in [0.4, 0.5) is 5.69 Å². The topological polar surface area (TPSA) is 85.8 Å². The summed E-state index contributed by atoms with van der Waals surface area (Å²) in [6.45, 7) is 3.74. The second-order valence-corrected chi connectivity index (χ2v) is 3.97. The molecule has 1 amide bonds. The summed E-state index contributed by atoms with van der Waals surface area (Å²) in [6.07, 6.45) is 0. The molecule has 0 saturated carbocycles. The van der Waals surface area contributed by atoms with Gasteiger partial charge >= 0.3 is 0 Å². The molecule has 6 heteroatoms. The number of carbonyl (C=O) groups excluding carboxylic acids is 1. The predicted molar refractivity (Wildman–Crippen MR) is 68.3 cm³/mol. The van der Waals surface area contributed by atoms with Crippen molar-refractivity contribution in [1.29, 1.82) is 0 Å². The van der Waals surface area contributed by atoms with E-state index in [1.54, 1.807) is 4.68 Å². The lowest BCUT2D eigenvalue weighted by molar-refractivity contribution is -0.114. The Morgan fingerprint density at radius 1 is 1.50 bits per heavy atom. The van der Waals surface area contributed by atoms with Crippen molar-refractivity contribution in [2.24, 2.45) is 5.73 Å². The Balaban J connectivity index is 2.38. The highest BCUT2D eigenvalue weighted by Crippen LogP contribution is 2.16. The number of rotatable bonds is 3. The first kappa shape index (κ1) is 12.3. The molecular weight excluding hydrogens is 230 g/mol. The van der Waals surface area contributed by atoms with Gasteiger partial charge in [-0.1, -0.05) is 11.3 Å². The third-order valence-electron chi connectivity index (χ3n) is 2.59. The average Bonchev–Trinajstić information content (AvgIpc) is 2.70. The van der Waals surface area contributed by atoms with Crippen molar-refractivity contribution in [2.75, 3.05) is 5.32 Å². The molecule has 0 radical (unpaired) electrons. The lowest BCUT2D eigenvalue weighted by Crippen LogP contribution is -2.07. The molecule has 0 saturated heterocycles. The number of anilines is 1. The Labute approximate surface area is 105 Å². The maximum Gasteiger partial charge on any atom is 0.221 e. The van der Waals surface area contributed by atoms with E-state index in [1.165, 1.54) is 6.92 Å². The van der Waals surface area contributed by atoms with Crippen LogP contribution in [-0.4, -0.2) is 20.9 Å². The van der Waals surface area contributed by atoms with Gasteiger partial charge in [0.05, 0.1) is 17.1 Å². The number of nitrogens with one attached hydrogen (secondary N) is 1. The van der Waals surface area contributed by atoms with Crippen molar-refractivity contribution in [1.82, 2.24) is 15.0 Å². The fraction of sp³-hybridized carbons (Fsp3) is 0.250. The van der Waals surface area contributed by atoms with Crippen molar-refractivity contribution < 1.29 is 4.79 Å². The minimum atomic E-state index is -0.106. The highest BCUT2D eigenvalue weighted by molar-refractivity contribution is 5.88. The van der Waals surface area contributed by atoms with E-state index < -0.39 is 0 Å². The summed E-state index contributed by atoms with van der Waals surface area (Å²) in [6, 6.07) is 7.40. The van der Waals surface area contributed by atoms with Crippen molar-refractivity contribution >= 4 is 11.6 Å². The molecule has 0 spiro atoms. The Morgan fingerprint density at radius 2 is 2.28 bits per heavy atom. The first-order chi connectivity index (χ1) is 8.61. The third-order valence-corrected chi connectivity index (χ3v) is 2.59. The predicted octanol–water partition coefficient (Wildman–Crippen LogP) is 0.993. The van der Waals surface area contributed by atoms with Crippen LogP contribution in [0, 0.1) is 6.92 Å². The SMILES string of the molecule is CC(=O)Nc1cccc(-n2nnc(CN)c2C)c1. The van der Waals surface area contributed by atoms with Crippen molar-refractivity contribution in [2.45, 2.75) is 20.4 Å². The minimum absolute atomic E-state index is 0.106. The van der Waals surface area contributed by atoms with Crippen molar-refractivity contribution in [3.05, 3.63) is 35.7 Å². The summed E-state index contributed by atoms with van der Waals surface area (Å²) in [4.78, 5) is 11.0. The van der Waals surface area contributed by atoms with E-state index in [-0.39, 0.29) is 5.91 Å². The molecule has 2 rings (SSSR count). The third kappa shape index (κ3) is 2.38. The molecule has 2 aromatic rings. The zero-order chi connectivity index (χ0) is 13.1. The van der Waals surface area contributed by atoms with Crippen LogP contribution >= 0.6 is 0 Å². The van der Waals surface area contributed by atoms with Gasteiger partial charge in [0.25, 0.3) is 0 Å². The molecule has 0 aliphatic heterocycles. The Morgan fingerprint density at radius 3 is 2.89 bits per heavy atom. The number of hydrogen-bond donors (Lipinski definition) is 2. The lowest BCUT2D eigenvalue weighted by atomic mass is 10.2. The molecule has 1 aromatic carbocycles. The van der Waals surface area contributed by atoms with Gasteiger partial charge in [0.1, 0.15) is 0 Å². The Hall–Kier alpha value is -2.21. The fourth-order valence-corrected chi connectivity index (χ4v) is 1.71. The van der Waals surface area contributed by atoms with Gasteiger partial charge in [-0.25, -0.2) is 4.68 Å². The number of nitrogens with two attached hydrogens (primary N) is 1. The summed E-state index contributed by atoms with van der Waals surface area (Å²) in [5.74, 6) is -0.106. The monoisotopic (exact) mass is 245 g/mol. The van der Waals surface area contributed by atoms with Crippen LogP contribution in [0.1, 0.15) is 18.3 Å². The standard InChI is InChI=1S/C12H15N5O/c1-8-12(7-13)15-16-17(8)11-5-3-4-10(6-11)14-9(2)18/h3-6H,7,13H2,1-2H3,(H,14,18). The van der Waals surface area contributed by atoms with E-state index in [1.807, 2.05) is 31.2 Å². The number of carbonyl (C=O) groups is 1. The molecule has 0 unspecified atom stereocenters. The summed E-state index contributed by atoms with van der Waals surface area (Å²) in [7, 11) is 0. The van der Waals surface area contributed by atoms with E-state index in [9.17, 15) is 4.79 Å². The summed E-state index contributed by atoms with van der Waals surface area (Å²) >= 11 is 0. The van der Waals surface area contributed by atoms with Crippen molar-refractivity contribution in [3.8, 4) is 5.69 Å². The molecule has 0 atom stereocenters. The van der Waals surface area contributed by atoms with Gasteiger partial charge in [-0.2, -0.15) is 0 Å². The zero-order valence-electron chi connectivity index (χ0n) is 10.3. The fourth-order valence-electron chi connectivity index (χ4n) is 1.71. The van der Waals surface area contributed by atoms with E-state index in [2.05, 4.69) is 15.6 Å². The van der Waals surface area contributed by atoms with Crippen LogP contribution in [0.5, 0.6) is 0 Å². The van der Waals surface area contributed by atoms with Crippen LogP contribution in [0.25, 0.3) is 5.69 Å². The van der Waals surface area contributed by atoms with Crippen molar-refractivity contribution in [3.63, 3.8) is 0 Å². The number of amides is 1. The molecular formula is C12H15N5O. The van der Waals surface area contributed by atoms with E-state index in [0.717, 1.165) is 22.8 Å². The van der Waals surface area contributed by atoms with Crippen LogP contribution in [0.3, 0.4) is 0 Å². The van der Waals surface area contributed by atoms with Gasteiger partial charge in [-0.3, -0.25) is 4.79 Å². The molecule has 0 fully saturated rings. The second-order valence-electron chi connectivity index (χ2n) is 3.97. The average molecular weight is 245 g/mol. The Kier molecular flexibility index (Phi) is 3.38. The molecule has 18 heavy (non-hydrogen) atoms. The van der Waals surface area contributed by atoms with E-state index in [0.29, 0.717) is 6.54 Å². The van der Waals surface area contributed by atoms with Gasteiger partial charge in [-0.05, 0) is 25.1 Å². The molecule has 3 N–H and O–H groups in total. The molecule has 0 aliphatic carbocycles. The van der Waals surface area contributed by atoms with Gasteiger partial charge in [0.2, 0.25) is 5.91 Å². The van der Waals surface area contributed by atoms with E-state index in [4.69, 9.17) is 5.73 Å². The Bertz CT molecular complexity index is 576. The minimum Gasteiger partial charge on any atom is -0.326 e. The molecule has 0 bridgehead atoms. The number of hydrogen-bond acceptors (Lipinski definition) is 4. The summed E-state index contributed by atoms with van der Waals surface area (Å²) in [5, 5.41) is 10.8.